The van der Waals surface area contributed by atoms with Crippen molar-refractivity contribution in [1.82, 2.24) is 0 Å². The molecule has 16 heavy (non-hydrogen) atoms. The molecule has 0 aliphatic carbocycles. The molecule has 4 heteroatoms. The van der Waals surface area contributed by atoms with E-state index in [0.717, 1.165) is 0 Å². The van der Waals surface area contributed by atoms with Gasteiger partial charge in [-0.2, -0.15) is 0 Å². The minimum atomic E-state index is -1.83. The Balaban J connectivity index is 4.50. The lowest BCUT2D eigenvalue weighted by atomic mass is 10.0. The predicted molar refractivity (Wildman–Crippen MR) is 70.0 cm³/mol. The van der Waals surface area contributed by atoms with Gasteiger partial charge in [0.25, 0.3) is 0 Å². The van der Waals surface area contributed by atoms with Crippen LogP contribution in [0, 0.1) is 5.92 Å². The largest absolute Gasteiger partial charge is 0.412 e. The Morgan fingerprint density at radius 1 is 1.19 bits per heavy atom. The fourth-order valence-electron chi connectivity index (χ4n) is 1.28. The summed E-state index contributed by atoms with van der Waals surface area (Å²) in [6.07, 6.45) is -0.817. The number of hydrogen-bond donors (Lipinski definition) is 2. The molecule has 0 saturated carbocycles. The second-order valence-corrected chi connectivity index (χ2v) is 11.0. The Kier molecular flexibility index (Phi) is 5.66. The van der Waals surface area contributed by atoms with E-state index in [0.29, 0.717) is 0 Å². The molecule has 98 valence electrons. The summed E-state index contributed by atoms with van der Waals surface area (Å²) in [4.78, 5) is 0. The molecule has 2 N–H and O–H groups in total. The molecule has 0 saturated heterocycles. The van der Waals surface area contributed by atoms with Crippen molar-refractivity contribution >= 4 is 8.32 Å². The molecule has 0 aromatic heterocycles. The van der Waals surface area contributed by atoms with Gasteiger partial charge < -0.3 is 14.6 Å². The molecule has 0 amide bonds. The maximum atomic E-state index is 9.95. The minimum absolute atomic E-state index is 0.00757. The summed E-state index contributed by atoms with van der Waals surface area (Å²) in [5.41, 5.74) is 0. The molecule has 0 heterocycles. The zero-order valence-corrected chi connectivity index (χ0v) is 12.7. The molecule has 3 nitrogen and oxygen atoms in total. The molecule has 0 fully saturated rings. The van der Waals surface area contributed by atoms with Gasteiger partial charge in [0.1, 0.15) is 0 Å². The number of hydrogen-bond acceptors (Lipinski definition) is 3. The average Bonchev–Trinajstić information content (AvgIpc) is 2.12. The molecular formula is C12H28O3Si. The van der Waals surface area contributed by atoms with Crippen LogP contribution < -0.4 is 0 Å². The topological polar surface area (TPSA) is 49.7 Å². The number of aliphatic hydroxyl groups is 2. The Bertz CT molecular complexity index is 211. The van der Waals surface area contributed by atoms with Crippen LogP contribution in [0.1, 0.15) is 34.6 Å². The van der Waals surface area contributed by atoms with Crippen molar-refractivity contribution in [1.29, 1.82) is 0 Å². The highest BCUT2D eigenvalue weighted by atomic mass is 28.4. The average molecular weight is 248 g/mol. The molecule has 0 rings (SSSR count). The molecule has 0 unspecified atom stereocenters. The number of aliphatic hydroxyl groups excluding tert-OH is 2. The molecule has 0 aromatic rings. The van der Waals surface area contributed by atoms with Crippen LogP contribution in [0.5, 0.6) is 0 Å². The lowest BCUT2D eigenvalue weighted by Gasteiger charge is -2.40. The van der Waals surface area contributed by atoms with E-state index in [9.17, 15) is 5.11 Å². The first-order chi connectivity index (χ1) is 7.03. The van der Waals surface area contributed by atoms with Crippen molar-refractivity contribution in [3.63, 3.8) is 0 Å². The van der Waals surface area contributed by atoms with Crippen molar-refractivity contribution in [3.8, 4) is 0 Å². The van der Waals surface area contributed by atoms with Crippen LogP contribution in [0.15, 0.2) is 0 Å². The van der Waals surface area contributed by atoms with Crippen molar-refractivity contribution in [2.45, 2.75) is 65.0 Å². The van der Waals surface area contributed by atoms with Gasteiger partial charge in [-0.1, -0.05) is 27.7 Å². The maximum Gasteiger partial charge on any atom is 0.192 e. The van der Waals surface area contributed by atoms with Crippen molar-refractivity contribution in [2.24, 2.45) is 5.92 Å². The Labute approximate surface area is 101 Å². The molecule has 0 bridgehead atoms. The minimum Gasteiger partial charge on any atom is -0.412 e. The van der Waals surface area contributed by atoms with Gasteiger partial charge in [-0.25, -0.2) is 0 Å². The van der Waals surface area contributed by atoms with Gasteiger partial charge in [0.05, 0.1) is 12.2 Å². The summed E-state index contributed by atoms with van der Waals surface area (Å²) in [6, 6.07) is 0. The van der Waals surface area contributed by atoms with E-state index in [4.69, 9.17) is 9.53 Å². The first kappa shape index (κ1) is 16.1. The van der Waals surface area contributed by atoms with Crippen LogP contribution in [-0.2, 0) is 4.43 Å². The summed E-state index contributed by atoms with van der Waals surface area (Å²) in [5.74, 6) is -0.139. The third kappa shape index (κ3) is 4.16. The normalized spacial score (nSPS) is 19.3. The molecule has 0 aliphatic heterocycles. The second kappa shape index (κ2) is 5.62. The highest BCUT2D eigenvalue weighted by Gasteiger charge is 2.39. The monoisotopic (exact) mass is 248 g/mol. The molecule has 0 spiro atoms. The zero-order valence-electron chi connectivity index (χ0n) is 11.7. The van der Waals surface area contributed by atoms with Crippen LogP contribution in [-0.4, -0.2) is 37.3 Å². The smallest absolute Gasteiger partial charge is 0.192 e. The van der Waals surface area contributed by atoms with Gasteiger partial charge in [0, 0.05) is 12.5 Å². The molecule has 0 aliphatic rings. The molecular weight excluding hydrogens is 220 g/mol. The van der Waals surface area contributed by atoms with Crippen LogP contribution >= 0.6 is 0 Å². The highest BCUT2D eigenvalue weighted by Crippen LogP contribution is 2.37. The van der Waals surface area contributed by atoms with Crippen LogP contribution in [0.25, 0.3) is 0 Å². The van der Waals surface area contributed by atoms with Gasteiger partial charge in [-0.05, 0) is 25.1 Å². The second-order valence-electron chi connectivity index (χ2n) is 6.23. The van der Waals surface area contributed by atoms with E-state index in [1.54, 1.807) is 0 Å². The Hall–Kier alpha value is 0.0969. The van der Waals surface area contributed by atoms with E-state index >= 15 is 0 Å². The van der Waals surface area contributed by atoms with Crippen LogP contribution in [0.4, 0.5) is 0 Å². The van der Waals surface area contributed by atoms with Gasteiger partial charge in [-0.15, -0.1) is 0 Å². The zero-order chi connectivity index (χ0) is 13.1. The summed E-state index contributed by atoms with van der Waals surface area (Å²) < 4.78 is 6.06. The first-order valence-corrected chi connectivity index (χ1v) is 8.90. The first-order valence-electron chi connectivity index (χ1n) is 5.99. The van der Waals surface area contributed by atoms with E-state index in [1.165, 1.54) is 0 Å². The Morgan fingerprint density at radius 3 is 1.94 bits per heavy atom. The summed E-state index contributed by atoms with van der Waals surface area (Å²) >= 11 is 0. The molecule has 0 aromatic carbocycles. The SMILES string of the molecule is C[C@H](CO)[C@@H](O)[C@H](C)O[Si](C)(C)C(C)(C)C. The van der Waals surface area contributed by atoms with E-state index in [2.05, 4.69) is 33.9 Å². The maximum absolute atomic E-state index is 9.95. The molecule has 3 atom stereocenters. The fourth-order valence-corrected chi connectivity index (χ4v) is 2.70. The third-order valence-electron chi connectivity index (χ3n) is 3.64. The summed E-state index contributed by atoms with van der Waals surface area (Å²) in [6.45, 7) is 14.6. The quantitative estimate of drug-likeness (QED) is 0.735. The third-order valence-corrected chi connectivity index (χ3v) is 8.21. The van der Waals surface area contributed by atoms with Crippen molar-refractivity contribution < 1.29 is 14.6 Å². The van der Waals surface area contributed by atoms with Crippen LogP contribution in [0.3, 0.4) is 0 Å². The Morgan fingerprint density at radius 2 is 1.62 bits per heavy atom. The predicted octanol–water partition coefficient (Wildman–Crippen LogP) is 2.39. The standard InChI is InChI=1S/C12H28O3Si/c1-9(8-13)11(14)10(2)15-16(6,7)12(3,4)5/h9-11,13-14H,8H2,1-7H3/t9-,10+,11-/m1/s1. The van der Waals surface area contributed by atoms with Gasteiger partial charge in [-0.3, -0.25) is 0 Å². The van der Waals surface area contributed by atoms with Gasteiger partial charge >= 0.3 is 0 Å². The van der Waals surface area contributed by atoms with Crippen LogP contribution in [0.2, 0.25) is 18.1 Å². The lowest BCUT2D eigenvalue weighted by Crippen LogP contribution is -2.47. The van der Waals surface area contributed by atoms with E-state index in [-0.39, 0.29) is 23.7 Å². The molecule has 0 radical (unpaired) electrons. The van der Waals surface area contributed by atoms with Gasteiger partial charge in [0.15, 0.2) is 8.32 Å². The van der Waals surface area contributed by atoms with Crippen molar-refractivity contribution in [2.75, 3.05) is 6.61 Å². The fraction of sp³-hybridized carbons (Fsp3) is 1.00. The van der Waals surface area contributed by atoms with E-state index in [1.807, 2.05) is 13.8 Å². The summed E-state index contributed by atoms with van der Waals surface area (Å²) in [5, 5.41) is 19.1. The number of rotatable bonds is 5. The lowest BCUT2D eigenvalue weighted by molar-refractivity contribution is -0.0113. The van der Waals surface area contributed by atoms with Gasteiger partial charge in [0.2, 0.25) is 0 Å². The van der Waals surface area contributed by atoms with E-state index < -0.39 is 14.4 Å². The highest BCUT2D eigenvalue weighted by molar-refractivity contribution is 6.74. The summed E-state index contributed by atoms with van der Waals surface area (Å²) in [7, 11) is -1.83. The van der Waals surface area contributed by atoms with Crippen molar-refractivity contribution in [3.05, 3.63) is 0 Å².